The maximum absolute atomic E-state index is 5.49. The summed E-state index contributed by atoms with van der Waals surface area (Å²) in [5.74, 6) is 0. The van der Waals surface area contributed by atoms with Crippen molar-refractivity contribution in [3.05, 3.63) is 18.5 Å². The van der Waals surface area contributed by atoms with Gasteiger partial charge >= 0.3 is 0 Å². The summed E-state index contributed by atoms with van der Waals surface area (Å²) in [6.45, 7) is 0. The van der Waals surface area contributed by atoms with Crippen molar-refractivity contribution in [3.63, 3.8) is 0 Å². The van der Waals surface area contributed by atoms with Crippen LogP contribution in [0.3, 0.4) is 0 Å². The average molecular weight is 124 g/mol. The molecular formula is C5H8N4. The SMILES string of the molecule is NC1NC1n1cccn1. The highest BCUT2D eigenvalue weighted by molar-refractivity contribution is 4.92. The molecule has 2 atom stereocenters. The molecule has 0 spiro atoms. The van der Waals surface area contributed by atoms with Crippen molar-refractivity contribution in [2.45, 2.75) is 12.3 Å². The largest absolute Gasteiger partial charge is 0.313 e. The molecule has 48 valence electrons. The molecule has 0 aliphatic carbocycles. The van der Waals surface area contributed by atoms with E-state index < -0.39 is 0 Å². The van der Waals surface area contributed by atoms with Crippen LogP contribution < -0.4 is 11.1 Å². The van der Waals surface area contributed by atoms with Gasteiger partial charge < -0.3 is 5.73 Å². The molecule has 0 bridgehead atoms. The van der Waals surface area contributed by atoms with Gasteiger partial charge in [0, 0.05) is 12.4 Å². The Hall–Kier alpha value is -0.870. The van der Waals surface area contributed by atoms with Gasteiger partial charge in [0.1, 0.15) is 6.17 Å². The summed E-state index contributed by atoms with van der Waals surface area (Å²) in [6, 6.07) is 1.88. The maximum atomic E-state index is 5.49. The van der Waals surface area contributed by atoms with Crippen LogP contribution in [-0.2, 0) is 0 Å². The first kappa shape index (κ1) is 4.96. The topological polar surface area (TPSA) is 65.8 Å². The zero-order valence-electron chi connectivity index (χ0n) is 4.86. The Morgan fingerprint density at radius 1 is 1.67 bits per heavy atom. The Labute approximate surface area is 52.7 Å². The summed E-state index contributed by atoms with van der Waals surface area (Å²) in [7, 11) is 0. The first-order valence-corrected chi connectivity index (χ1v) is 2.89. The third kappa shape index (κ3) is 0.721. The lowest BCUT2D eigenvalue weighted by molar-refractivity contribution is 0.613. The van der Waals surface area contributed by atoms with E-state index in [2.05, 4.69) is 10.4 Å². The number of nitrogens with one attached hydrogen (secondary N) is 1. The number of hydrogen-bond donors (Lipinski definition) is 2. The number of nitrogens with two attached hydrogens (primary N) is 1. The molecule has 2 heterocycles. The fourth-order valence-electron chi connectivity index (χ4n) is 0.828. The summed E-state index contributed by atoms with van der Waals surface area (Å²) >= 11 is 0. The molecule has 1 fully saturated rings. The van der Waals surface area contributed by atoms with E-state index in [-0.39, 0.29) is 12.3 Å². The highest BCUT2D eigenvalue weighted by atomic mass is 15.5. The van der Waals surface area contributed by atoms with E-state index in [0.717, 1.165) is 0 Å². The van der Waals surface area contributed by atoms with Crippen molar-refractivity contribution in [1.29, 1.82) is 0 Å². The third-order valence-corrected chi connectivity index (χ3v) is 1.40. The zero-order valence-corrected chi connectivity index (χ0v) is 4.86. The Balaban J connectivity index is 2.18. The molecule has 2 unspecified atom stereocenters. The Morgan fingerprint density at radius 2 is 2.44 bits per heavy atom. The van der Waals surface area contributed by atoms with Crippen LogP contribution in [0.5, 0.6) is 0 Å². The van der Waals surface area contributed by atoms with Gasteiger partial charge in [0.25, 0.3) is 0 Å². The lowest BCUT2D eigenvalue weighted by atomic mass is 10.6. The van der Waals surface area contributed by atoms with Gasteiger partial charge in [-0.3, -0.25) is 10.00 Å². The average Bonchev–Trinajstić information content (AvgIpc) is 2.44. The van der Waals surface area contributed by atoms with Gasteiger partial charge in [-0.2, -0.15) is 5.10 Å². The smallest absolute Gasteiger partial charge is 0.131 e. The van der Waals surface area contributed by atoms with E-state index in [1.165, 1.54) is 0 Å². The number of nitrogens with zero attached hydrogens (tertiary/aromatic N) is 2. The minimum Gasteiger partial charge on any atom is -0.313 e. The van der Waals surface area contributed by atoms with Crippen LogP contribution in [-0.4, -0.2) is 15.9 Å². The Bertz CT molecular complexity index is 193. The molecule has 1 aliphatic heterocycles. The van der Waals surface area contributed by atoms with Crippen LogP contribution in [0.15, 0.2) is 18.5 Å². The molecule has 1 aromatic rings. The molecule has 0 radical (unpaired) electrons. The van der Waals surface area contributed by atoms with Gasteiger partial charge in [-0.25, -0.2) is 0 Å². The second-order valence-electron chi connectivity index (χ2n) is 2.12. The lowest BCUT2D eigenvalue weighted by Gasteiger charge is -1.91. The molecule has 0 amide bonds. The first-order chi connectivity index (χ1) is 4.38. The van der Waals surface area contributed by atoms with Crippen molar-refractivity contribution < 1.29 is 0 Å². The summed E-state index contributed by atoms with van der Waals surface area (Å²) in [6.07, 6.45) is 3.97. The molecule has 1 saturated heterocycles. The van der Waals surface area contributed by atoms with Gasteiger partial charge in [0.15, 0.2) is 0 Å². The monoisotopic (exact) mass is 124 g/mol. The van der Waals surface area contributed by atoms with Crippen molar-refractivity contribution in [2.24, 2.45) is 5.73 Å². The molecule has 1 aliphatic rings. The van der Waals surface area contributed by atoms with Crippen molar-refractivity contribution in [1.82, 2.24) is 15.1 Å². The summed E-state index contributed by atoms with van der Waals surface area (Å²) < 4.78 is 1.81. The predicted molar refractivity (Wildman–Crippen MR) is 32.4 cm³/mol. The van der Waals surface area contributed by atoms with Crippen molar-refractivity contribution >= 4 is 0 Å². The third-order valence-electron chi connectivity index (χ3n) is 1.40. The van der Waals surface area contributed by atoms with Crippen LogP contribution in [0, 0.1) is 0 Å². The van der Waals surface area contributed by atoms with E-state index in [9.17, 15) is 0 Å². The minimum atomic E-state index is 0.102. The Morgan fingerprint density at radius 3 is 2.89 bits per heavy atom. The fourth-order valence-corrected chi connectivity index (χ4v) is 0.828. The minimum absolute atomic E-state index is 0.102. The van der Waals surface area contributed by atoms with Gasteiger partial charge in [0.2, 0.25) is 0 Å². The predicted octanol–water partition coefficient (Wildman–Crippen LogP) is -0.730. The van der Waals surface area contributed by atoms with E-state index in [4.69, 9.17) is 5.73 Å². The standard InChI is InChI=1S/C5H8N4/c6-4-5(8-4)9-3-1-2-7-9/h1-5,8H,6H2. The molecule has 3 N–H and O–H groups in total. The van der Waals surface area contributed by atoms with Gasteiger partial charge in [-0.1, -0.05) is 0 Å². The number of rotatable bonds is 1. The quantitative estimate of drug-likeness (QED) is 0.485. The molecule has 4 nitrogen and oxygen atoms in total. The first-order valence-electron chi connectivity index (χ1n) is 2.89. The normalized spacial score (nSPS) is 32.6. The summed E-state index contributed by atoms with van der Waals surface area (Å²) in [4.78, 5) is 0. The van der Waals surface area contributed by atoms with E-state index in [1.54, 1.807) is 6.20 Å². The van der Waals surface area contributed by atoms with Gasteiger partial charge in [-0.15, -0.1) is 0 Å². The Kier molecular flexibility index (Phi) is 0.856. The van der Waals surface area contributed by atoms with Crippen LogP contribution in [0.25, 0.3) is 0 Å². The van der Waals surface area contributed by atoms with E-state index >= 15 is 0 Å². The van der Waals surface area contributed by atoms with Crippen molar-refractivity contribution in [2.75, 3.05) is 0 Å². The fraction of sp³-hybridized carbons (Fsp3) is 0.400. The number of aromatic nitrogens is 2. The molecular weight excluding hydrogens is 116 g/mol. The highest BCUT2D eigenvalue weighted by Crippen LogP contribution is 2.15. The number of hydrogen-bond acceptors (Lipinski definition) is 3. The summed E-state index contributed by atoms with van der Waals surface area (Å²) in [5, 5.41) is 7.02. The van der Waals surface area contributed by atoms with Gasteiger partial charge in [-0.05, 0) is 6.07 Å². The van der Waals surface area contributed by atoms with E-state index in [0.29, 0.717) is 0 Å². The second-order valence-corrected chi connectivity index (χ2v) is 2.12. The molecule has 0 aromatic carbocycles. The van der Waals surface area contributed by atoms with Crippen LogP contribution in [0.2, 0.25) is 0 Å². The zero-order chi connectivity index (χ0) is 6.27. The molecule has 1 aromatic heterocycles. The van der Waals surface area contributed by atoms with Crippen LogP contribution in [0.4, 0.5) is 0 Å². The van der Waals surface area contributed by atoms with Gasteiger partial charge in [0.05, 0.1) is 6.17 Å². The van der Waals surface area contributed by atoms with Crippen LogP contribution in [0.1, 0.15) is 6.17 Å². The molecule has 4 heteroatoms. The van der Waals surface area contributed by atoms with Crippen LogP contribution >= 0.6 is 0 Å². The molecule has 0 saturated carbocycles. The highest BCUT2D eigenvalue weighted by Gasteiger charge is 2.34. The maximum Gasteiger partial charge on any atom is 0.131 e. The molecule has 2 rings (SSSR count). The summed E-state index contributed by atoms with van der Waals surface area (Å²) in [5.41, 5.74) is 5.49. The lowest BCUT2D eigenvalue weighted by Crippen LogP contribution is -2.06. The van der Waals surface area contributed by atoms with Crippen molar-refractivity contribution in [3.8, 4) is 0 Å². The van der Waals surface area contributed by atoms with E-state index in [1.807, 2.05) is 16.9 Å². The molecule has 9 heavy (non-hydrogen) atoms. The second kappa shape index (κ2) is 1.55.